The number of ether oxygens (including phenoxy) is 1. The lowest BCUT2D eigenvalue weighted by atomic mass is 9.92. The number of amides is 1. The van der Waals surface area contributed by atoms with Crippen molar-refractivity contribution in [3.63, 3.8) is 0 Å². The van der Waals surface area contributed by atoms with Gasteiger partial charge in [-0.3, -0.25) is 9.69 Å². The van der Waals surface area contributed by atoms with Gasteiger partial charge in [0.05, 0.1) is 7.11 Å². The van der Waals surface area contributed by atoms with Gasteiger partial charge in [0.1, 0.15) is 5.75 Å². The second kappa shape index (κ2) is 11.5. The number of nitrogens with zero attached hydrogens (tertiary/aromatic N) is 2. The number of likely N-dealkylation sites (tertiary alicyclic amines) is 1. The molecule has 2 aliphatic rings. The zero-order valence-electron chi connectivity index (χ0n) is 19.3. The number of carbonyl (C=O) groups is 1. The van der Waals surface area contributed by atoms with Crippen molar-refractivity contribution in [1.29, 1.82) is 0 Å². The first-order valence-electron chi connectivity index (χ1n) is 12.2. The van der Waals surface area contributed by atoms with Crippen LogP contribution in [0.5, 0.6) is 5.75 Å². The van der Waals surface area contributed by atoms with E-state index in [1.807, 2.05) is 29.2 Å². The van der Waals surface area contributed by atoms with Crippen molar-refractivity contribution in [3.8, 4) is 5.75 Å². The molecule has 32 heavy (non-hydrogen) atoms. The predicted octanol–water partition coefficient (Wildman–Crippen LogP) is 4.33. The lowest BCUT2D eigenvalue weighted by Crippen LogP contribution is -2.42. The molecule has 0 radical (unpaired) electrons. The smallest absolute Gasteiger partial charge is 0.230 e. The van der Waals surface area contributed by atoms with Crippen LogP contribution in [0.15, 0.2) is 54.6 Å². The molecule has 0 atom stereocenters. The Hall–Kier alpha value is -2.37. The second-order valence-electron chi connectivity index (χ2n) is 9.21. The van der Waals surface area contributed by atoms with Crippen molar-refractivity contribution in [2.24, 2.45) is 11.8 Å². The van der Waals surface area contributed by atoms with E-state index in [9.17, 15) is 4.79 Å². The summed E-state index contributed by atoms with van der Waals surface area (Å²) in [7, 11) is 1.68. The first-order chi connectivity index (χ1) is 15.7. The Kier molecular flexibility index (Phi) is 8.18. The quantitative estimate of drug-likeness (QED) is 0.670. The molecule has 1 N–H and O–H groups in total. The number of piperidine rings is 2. The van der Waals surface area contributed by atoms with Crippen LogP contribution >= 0.6 is 0 Å². The lowest BCUT2D eigenvalue weighted by molar-refractivity contribution is -0.123. The van der Waals surface area contributed by atoms with Gasteiger partial charge >= 0.3 is 0 Å². The summed E-state index contributed by atoms with van der Waals surface area (Å²) in [6.07, 6.45) is 5.34. The molecule has 2 aromatic carbocycles. The third kappa shape index (κ3) is 6.11. The van der Waals surface area contributed by atoms with E-state index in [0.29, 0.717) is 5.92 Å². The first-order valence-corrected chi connectivity index (χ1v) is 12.2. The fourth-order valence-electron chi connectivity index (χ4n) is 5.02. The summed E-state index contributed by atoms with van der Waals surface area (Å²) in [5.41, 5.74) is 2.36. The van der Waals surface area contributed by atoms with E-state index in [1.54, 1.807) is 7.11 Å². The Morgan fingerprint density at radius 2 is 1.78 bits per heavy atom. The summed E-state index contributed by atoms with van der Waals surface area (Å²) in [6.45, 7) is 5.98. The van der Waals surface area contributed by atoms with E-state index in [0.717, 1.165) is 70.0 Å². The highest BCUT2D eigenvalue weighted by molar-refractivity contribution is 5.95. The van der Waals surface area contributed by atoms with Crippen LogP contribution in [0.1, 0.15) is 37.7 Å². The minimum Gasteiger partial charge on any atom is -0.497 e. The summed E-state index contributed by atoms with van der Waals surface area (Å²) in [6, 6.07) is 18.7. The molecule has 4 rings (SSSR count). The van der Waals surface area contributed by atoms with Gasteiger partial charge in [-0.1, -0.05) is 36.4 Å². The van der Waals surface area contributed by atoms with Gasteiger partial charge < -0.3 is 15.0 Å². The number of hydrogen-bond donors (Lipinski definition) is 1. The zero-order chi connectivity index (χ0) is 22.2. The standard InChI is InChI=1S/C27H37N3O2/c1-32-26-9-5-8-25(20-26)30(27(31)24-10-15-28-16-11-24)19-14-22-12-17-29(18-13-22)21-23-6-3-2-4-7-23/h2-9,20,22,24,28H,10-19,21H2,1H3. The molecule has 2 saturated heterocycles. The van der Waals surface area contributed by atoms with Gasteiger partial charge in [-0.25, -0.2) is 0 Å². The Morgan fingerprint density at radius 1 is 1.03 bits per heavy atom. The molecular weight excluding hydrogens is 398 g/mol. The number of benzene rings is 2. The fraction of sp³-hybridized carbons (Fsp3) is 0.519. The topological polar surface area (TPSA) is 44.8 Å². The number of nitrogens with one attached hydrogen (secondary N) is 1. The molecule has 2 aromatic rings. The van der Waals surface area contributed by atoms with Crippen molar-refractivity contribution in [2.45, 2.75) is 38.6 Å². The van der Waals surface area contributed by atoms with E-state index in [4.69, 9.17) is 4.74 Å². The second-order valence-corrected chi connectivity index (χ2v) is 9.21. The Labute approximate surface area is 192 Å². The Balaban J connectivity index is 1.35. The minimum absolute atomic E-state index is 0.121. The summed E-state index contributed by atoms with van der Waals surface area (Å²) >= 11 is 0. The van der Waals surface area contributed by atoms with Gasteiger partial charge in [-0.2, -0.15) is 0 Å². The van der Waals surface area contributed by atoms with Crippen LogP contribution in [0.25, 0.3) is 0 Å². The van der Waals surface area contributed by atoms with E-state index in [-0.39, 0.29) is 11.8 Å². The van der Waals surface area contributed by atoms with Crippen molar-refractivity contribution in [1.82, 2.24) is 10.2 Å². The normalized spacial score (nSPS) is 18.4. The van der Waals surface area contributed by atoms with Crippen LogP contribution in [-0.2, 0) is 11.3 Å². The van der Waals surface area contributed by atoms with Gasteiger partial charge in [0, 0.05) is 30.8 Å². The van der Waals surface area contributed by atoms with Gasteiger partial charge in [-0.05, 0) is 81.9 Å². The van der Waals surface area contributed by atoms with Crippen LogP contribution in [0, 0.1) is 11.8 Å². The maximum Gasteiger partial charge on any atom is 0.230 e. The molecular formula is C27H37N3O2. The average molecular weight is 436 g/mol. The Morgan fingerprint density at radius 3 is 2.50 bits per heavy atom. The van der Waals surface area contributed by atoms with Gasteiger partial charge in [-0.15, -0.1) is 0 Å². The van der Waals surface area contributed by atoms with Crippen LogP contribution in [0.4, 0.5) is 5.69 Å². The largest absolute Gasteiger partial charge is 0.497 e. The molecule has 0 aromatic heterocycles. The van der Waals surface area contributed by atoms with Crippen molar-refractivity contribution in [3.05, 3.63) is 60.2 Å². The molecule has 5 heteroatoms. The van der Waals surface area contributed by atoms with E-state index < -0.39 is 0 Å². The molecule has 0 unspecified atom stereocenters. The molecule has 5 nitrogen and oxygen atoms in total. The van der Waals surface area contributed by atoms with E-state index in [2.05, 4.69) is 40.5 Å². The fourth-order valence-corrected chi connectivity index (χ4v) is 5.02. The van der Waals surface area contributed by atoms with Gasteiger partial charge in [0.15, 0.2) is 0 Å². The molecule has 0 spiro atoms. The molecule has 0 saturated carbocycles. The van der Waals surface area contributed by atoms with Crippen LogP contribution in [-0.4, -0.2) is 50.6 Å². The monoisotopic (exact) mass is 435 g/mol. The van der Waals surface area contributed by atoms with Gasteiger partial charge in [0.2, 0.25) is 5.91 Å². The highest BCUT2D eigenvalue weighted by Gasteiger charge is 2.28. The molecule has 0 aliphatic carbocycles. The van der Waals surface area contributed by atoms with Crippen LogP contribution in [0.3, 0.4) is 0 Å². The SMILES string of the molecule is COc1cccc(N(CCC2CCN(Cc3ccccc3)CC2)C(=O)C2CCNCC2)c1. The predicted molar refractivity (Wildman–Crippen MR) is 130 cm³/mol. The summed E-state index contributed by atoms with van der Waals surface area (Å²) in [5.74, 6) is 1.88. The van der Waals surface area contributed by atoms with E-state index >= 15 is 0 Å². The maximum atomic E-state index is 13.5. The molecule has 0 bridgehead atoms. The molecule has 2 fully saturated rings. The van der Waals surface area contributed by atoms with Crippen LogP contribution < -0.4 is 15.0 Å². The van der Waals surface area contributed by atoms with E-state index in [1.165, 1.54) is 18.4 Å². The third-order valence-corrected chi connectivity index (χ3v) is 7.04. The number of carbonyl (C=O) groups excluding carboxylic acids is 1. The minimum atomic E-state index is 0.121. The summed E-state index contributed by atoms with van der Waals surface area (Å²) in [4.78, 5) is 18.1. The molecule has 2 heterocycles. The first kappa shape index (κ1) is 22.8. The third-order valence-electron chi connectivity index (χ3n) is 7.04. The summed E-state index contributed by atoms with van der Waals surface area (Å²) < 4.78 is 5.43. The van der Waals surface area contributed by atoms with Crippen molar-refractivity contribution in [2.75, 3.05) is 44.7 Å². The highest BCUT2D eigenvalue weighted by Crippen LogP contribution is 2.28. The van der Waals surface area contributed by atoms with Gasteiger partial charge in [0.25, 0.3) is 0 Å². The number of hydrogen-bond acceptors (Lipinski definition) is 4. The molecule has 172 valence electrons. The van der Waals surface area contributed by atoms with Crippen LogP contribution in [0.2, 0.25) is 0 Å². The van der Waals surface area contributed by atoms with Crippen molar-refractivity contribution >= 4 is 11.6 Å². The summed E-state index contributed by atoms with van der Waals surface area (Å²) in [5, 5.41) is 3.38. The molecule has 1 amide bonds. The maximum absolute atomic E-state index is 13.5. The van der Waals surface area contributed by atoms with Crippen molar-refractivity contribution < 1.29 is 9.53 Å². The Bertz CT molecular complexity index is 843. The zero-order valence-corrected chi connectivity index (χ0v) is 19.3. The lowest BCUT2D eigenvalue weighted by Gasteiger charge is -2.34. The highest BCUT2D eigenvalue weighted by atomic mass is 16.5. The average Bonchev–Trinajstić information content (AvgIpc) is 2.86. The number of anilines is 1. The number of rotatable bonds is 8. The molecule has 2 aliphatic heterocycles. The number of methoxy groups -OCH3 is 1.